The standard InChI is InChI=1S/C17H29N/c1-13(2)9-10-17(18-5)16-8-6-7-15(12-16)11-14(3)4/h6-8,12-14,17-18H,9-11H2,1-5H3. The van der Waals surface area contributed by atoms with Crippen molar-refractivity contribution in [2.75, 3.05) is 7.05 Å². The lowest BCUT2D eigenvalue weighted by Crippen LogP contribution is -2.17. The molecule has 1 rings (SSSR count). The van der Waals surface area contributed by atoms with Crippen LogP contribution < -0.4 is 5.32 Å². The molecule has 1 atom stereocenters. The van der Waals surface area contributed by atoms with Crippen LogP contribution in [-0.2, 0) is 6.42 Å². The zero-order valence-corrected chi connectivity index (χ0v) is 12.7. The van der Waals surface area contributed by atoms with Crippen molar-refractivity contribution < 1.29 is 0 Å². The average Bonchev–Trinajstić information content (AvgIpc) is 2.29. The zero-order chi connectivity index (χ0) is 13.5. The minimum atomic E-state index is 0.500. The topological polar surface area (TPSA) is 12.0 Å². The van der Waals surface area contributed by atoms with Crippen LogP contribution in [0.15, 0.2) is 24.3 Å². The van der Waals surface area contributed by atoms with Gasteiger partial charge in [-0.25, -0.2) is 0 Å². The molecule has 0 aliphatic rings. The first-order valence-electron chi connectivity index (χ1n) is 7.29. The molecule has 0 aromatic heterocycles. The third-order valence-corrected chi connectivity index (χ3v) is 3.38. The van der Waals surface area contributed by atoms with Crippen LogP contribution in [0.1, 0.15) is 57.7 Å². The highest BCUT2D eigenvalue weighted by molar-refractivity contribution is 5.26. The Balaban J connectivity index is 2.72. The summed E-state index contributed by atoms with van der Waals surface area (Å²) in [6.45, 7) is 9.14. The molecule has 0 bridgehead atoms. The third kappa shape index (κ3) is 5.22. The molecule has 1 heteroatoms. The van der Waals surface area contributed by atoms with E-state index in [4.69, 9.17) is 0 Å². The maximum absolute atomic E-state index is 3.45. The van der Waals surface area contributed by atoms with E-state index in [1.807, 2.05) is 0 Å². The van der Waals surface area contributed by atoms with E-state index in [2.05, 4.69) is 64.3 Å². The largest absolute Gasteiger partial charge is 0.313 e. The number of benzene rings is 1. The normalized spacial score (nSPS) is 13.3. The van der Waals surface area contributed by atoms with Crippen LogP contribution in [0.5, 0.6) is 0 Å². The van der Waals surface area contributed by atoms with Gasteiger partial charge in [-0.3, -0.25) is 0 Å². The monoisotopic (exact) mass is 247 g/mol. The maximum Gasteiger partial charge on any atom is 0.0317 e. The number of hydrogen-bond donors (Lipinski definition) is 1. The molecule has 0 heterocycles. The summed E-state index contributed by atoms with van der Waals surface area (Å²) in [5.41, 5.74) is 2.91. The highest BCUT2D eigenvalue weighted by atomic mass is 14.9. The van der Waals surface area contributed by atoms with Gasteiger partial charge in [0.25, 0.3) is 0 Å². The van der Waals surface area contributed by atoms with E-state index in [0.29, 0.717) is 6.04 Å². The molecular weight excluding hydrogens is 218 g/mol. The Labute approximate surface area is 113 Å². The molecule has 0 fully saturated rings. The van der Waals surface area contributed by atoms with Crippen LogP contribution in [-0.4, -0.2) is 7.05 Å². The van der Waals surface area contributed by atoms with E-state index < -0.39 is 0 Å². The summed E-state index contributed by atoms with van der Waals surface area (Å²) >= 11 is 0. The number of nitrogens with one attached hydrogen (secondary N) is 1. The summed E-state index contributed by atoms with van der Waals surface area (Å²) in [6, 6.07) is 9.58. The molecule has 18 heavy (non-hydrogen) atoms. The van der Waals surface area contributed by atoms with Gasteiger partial charge < -0.3 is 5.32 Å². The van der Waals surface area contributed by atoms with E-state index in [1.54, 1.807) is 0 Å². The Bertz CT molecular complexity index is 341. The maximum atomic E-state index is 3.45. The average molecular weight is 247 g/mol. The lowest BCUT2D eigenvalue weighted by atomic mass is 9.94. The van der Waals surface area contributed by atoms with Crippen molar-refractivity contribution in [3.63, 3.8) is 0 Å². The van der Waals surface area contributed by atoms with Crippen molar-refractivity contribution in [2.45, 2.75) is 53.0 Å². The van der Waals surface area contributed by atoms with Crippen molar-refractivity contribution in [1.29, 1.82) is 0 Å². The Morgan fingerprint density at radius 1 is 1.00 bits per heavy atom. The van der Waals surface area contributed by atoms with Gasteiger partial charge in [-0.2, -0.15) is 0 Å². The summed E-state index contributed by atoms with van der Waals surface area (Å²) in [5.74, 6) is 1.50. The molecule has 1 aromatic rings. The van der Waals surface area contributed by atoms with Gasteiger partial charge in [0.15, 0.2) is 0 Å². The van der Waals surface area contributed by atoms with Crippen molar-refractivity contribution in [3.8, 4) is 0 Å². The van der Waals surface area contributed by atoms with Crippen molar-refractivity contribution >= 4 is 0 Å². The fourth-order valence-electron chi connectivity index (χ4n) is 2.39. The predicted molar refractivity (Wildman–Crippen MR) is 80.9 cm³/mol. The minimum absolute atomic E-state index is 0.500. The summed E-state index contributed by atoms with van der Waals surface area (Å²) in [7, 11) is 2.07. The lowest BCUT2D eigenvalue weighted by Gasteiger charge is -2.19. The smallest absolute Gasteiger partial charge is 0.0317 e. The van der Waals surface area contributed by atoms with Crippen molar-refractivity contribution in [1.82, 2.24) is 5.32 Å². The molecule has 0 amide bonds. The quantitative estimate of drug-likeness (QED) is 0.743. The van der Waals surface area contributed by atoms with Crippen LogP contribution in [0.2, 0.25) is 0 Å². The molecule has 1 N–H and O–H groups in total. The van der Waals surface area contributed by atoms with Gasteiger partial charge in [0.2, 0.25) is 0 Å². The SMILES string of the molecule is CNC(CCC(C)C)c1cccc(CC(C)C)c1. The van der Waals surface area contributed by atoms with E-state index in [1.165, 1.54) is 30.4 Å². The first kappa shape index (κ1) is 15.2. The Morgan fingerprint density at radius 2 is 1.72 bits per heavy atom. The fraction of sp³-hybridized carbons (Fsp3) is 0.647. The third-order valence-electron chi connectivity index (χ3n) is 3.38. The zero-order valence-electron chi connectivity index (χ0n) is 12.7. The van der Waals surface area contributed by atoms with Gasteiger partial charge in [-0.15, -0.1) is 0 Å². The Kier molecular flexibility index (Phi) is 6.42. The molecule has 0 saturated heterocycles. The molecule has 0 aliphatic heterocycles. The second-order valence-corrected chi connectivity index (χ2v) is 6.16. The van der Waals surface area contributed by atoms with Gasteiger partial charge in [0.1, 0.15) is 0 Å². The summed E-state index contributed by atoms with van der Waals surface area (Å²) in [6.07, 6.45) is 3.67. The molecule has 0 saturated carbocycles. The Hall–Kier alpha value is -0.820. The highest BCUT2D eigenvalue weighted by Crippen LogP contribution is 2.22. The first-order valence-corrected chi connectivity index (χ1v) is 7.29. The van der Waals surface area contributed by atoms with Crippen molar-refractivity contribution in [3.05, 3.63) is 35.4 Å². The Morgan fingerprint density at radius 3 is 2.28 bits per heavy atom. The number of rotatable bonds is 7. The highest BCUT2D eigenvalue weighted by Gasteiger charge is 2.10. The van der Waals surface area contributed by atoms with Crippen molar-refractivity contribution in [2.24, 2.45) is 11.8 Å². The van der Waals surface area contributed by atoms with Crippen LogP contribution in [0, 0.1) is 11.8 Å². The van der Waals surface area contributed by atoms with Crippen LogP contribution in [0.25, 0.3) is 0 Å². The summed E-state index contributed by atoms with van der Waals surface area (Å²) in [5, 5.41) is 3.45. The van der Waals surface area contributed by atoms with Gasteiger partial charge in [0, 0.05) is 6.04 Å². The van der Waals surface area contributed by atoms with Gasteiger partial charge in [-0.1, -0.05) is 52.0 Å². The molecule has 1 nitrogen and oxygen atoms in total. The predicted octanol–water partition coefficient (Wildman–Crippen LogP) is 4.58. The molecular formula is C17H29N. The summed E-state index contributed by atoms with van der Waals surface area (Å²) in [4.78, 5) is 0. The molecule has 102 valence electrons. The van der Waals surface area contributed by atoms with E-state index in [0.717, 1.165) is 11.8 Å². The molecule has 0 aliphatic carbocycles. The minimum Gasteiger partial charge on any atom is -0.313 e. The molecule has 1 unspecified atom stereocenters. The number of hydrogen-bond acceptors (Lipinski definition) is 1. The summed E-state index contributed by atoms with van der Waals surface area (Å²) < 4.78 is 0. The molecule has 0 spiro atoms. The van der Waals surface area contributed by atoms with E-state index in [9.17, 15) is 0 Å². The van der Waals surface area contributed by atoms with E-state index >= 15 is 0 Å². The second-order valence-electron chi connectivity index (χ2n) is 6.16. The van der Waals surface area contributed by atoms with Gasteiger partial charge in [0.05, 0.1) is 0 Å². The van der Waals surface area contributed by atoms with Crippen LogP contribution in [0.3, 0.4) is 0 Å². The van der Waals surface area contributed by atoms with Crippen LogP contribution in [0.4, 0.5) is 0 Å². The van der Waals surface area contributed by atoms with E-state index in [-0.39, 0.29) is 0 Å². The van der Waals surface area contributed by atoms with Crippen LogP contribution >= 0.6 is 0 Å². The fourth-order valence-corrected chi connectivity index (χ4v) is 2.39. The second kappa shape index (κ2) is 7.58. The first-order chi connectivity index (χ1) is 8.52. The molecule has 1 aromatic carbocycles. The van der Waals surface area contributed by atoms with Gasteiger partial charge >= 0.3 is 0 Å². The van der Waals surface area contributed by atoms with Gasteiger partial charge in [-0.05, 0) is 49.3 Å². The lowest BCUT2D eigenvalue weighted by molar-refractivity contribution is 0.464. The molecule has 0 radical (unpaired) electrons.